The van der Waals surface area contributed by atoms with Crippen molar-refractivity contribution in [1.82, 2.24) is 9.88 Å². The van der Waals surface area contributed by atoms with Gasteiger partial charge < -0.3 is 14.7 Å². The van der Waals surface area contributed by atoms with Crippen LogP contribution in [0.3, 0.4) is 0 Å². The van der Waals surface area contributed by atoms with Crippen LogP contribution in [0, 0.1) is 5.41 Å². The number of aliphatic carboxylic acids is 1. The Balaban J connectivity index is 1.38. The van der Waals surface area contributed by atoms with Crippen LogP contribution in [0.2, 0.25) is 10.0 Å². The second-order valence-electron chi connectivity index (χ2n) is 7.43. The molecule has 31 heavy (non-hydrogen) atoms. The van der Waals surface area contributed by atoms with Gasteiger partial charge in [-0.2, -0.15) is 0 Å². The third-order valence-corrected chi connectivity index (χ3v) is 5.69. The highest BCUT2D eigenvalue weighted by Gasteiger charge is 2.52. The number of amides is 1. The molecule has 0 aliphatic carbocycles. The second kappa shape index (κ2) is 8.57. The van der Waals surface area contributed by atoms with Gasteiger partial charge in [-0.05, 0) is 60.7 Å². The van der Waals surface area contributed by atoms with Crippen molar-refractivity contribution in [2.45, 2.75) is 0 Å². The molecule has 2 heterocycles. The van der Waals surface area contributed by atoms with Gasteiger partial charge in [-0.1, -0.05) is 23.2 Å². The number of carboxylic acids is 1. The summed E-state index contributed by atoms with van der Waals surface area (Å²) in [4.78, 5) is 30.2. The second-order valence-corrected chi connectivity index (χ2v) is 8.30. The van der Waals surface area contributed by atoms with Crippen LogP contribution in [0.25, 0.3) is 11.3 Å². The third-order valence-electron chi connectivity index (χ3n) is 5.21. The minimum atomic E-state index is -1.14. The number of likely N-dealkylation sites (tertiary alicyclic amines) is 1. The molecule has 6 nitrogen and oxygen atoms in total. The van der Waals surface area contributed by atoms with Crippen LogP contribution in [0.4, 0.5) is 0 Å². The zero-order chi connectivity index (χ0) is 22.0. The van der Waals surface area contributed by atoms with E-state index in [-0.39, 0.29) is 25.6 Å². The minimum Gasteiger partial charge on any atom is -0.492 e. The van der Waals surface area contributed by atoms with Crippen LogP contribution in [0.15, 0.2) is 66.9 Å². The number of pyridine rings is 1. The average molecular weight is 457 g/mol. The summed E-state index contributed by atoms with van der Waals surface area (Å²) in [6.45, 7) is 0.123. The number of carbonyl (C=O) groups excluding carboxylic acids is 1. The number of carboxylic acid groups (broad SMARTS) is 1. The lowest BCUT2D eigenvalue weighted by atomic mass is 9.80. The maximum Gasteiger partial charge on any atom is 0.316 e. The van der Waals surface area contributed by atoms with Gasteiger partial charge in [-0.3, -0.25) is 14.6 Å². The highest BCUT2D eigenvalue weighted by atomic mass is 35.5. The largest absolute Gasteiger partial charge is 0.492 e. The van der Waals surface area contributed by atoms with Gasteiger partial charge in [0.1, 0.15) is 17.8 Å². The molecule has 1 fully saturated rings. The van der Waals surface area contributed by atoms with Gasteiger partial charge in [0.25, 0.3) is 5.91 Å². The fourth-order valence-corrected chi connectivity index (χ4v) is 3.62. The first-order valence-corrected chi connectivity index (χ1v) is 10.2. The van der Waals surface area contributed by atoms with E-state index in [1.54, 1.807) is 48.7 Å². The maximum absolute atomic E-state index is 12.6. The van der Waals surface area contributed by atoms with Crippen LogP contribution >= 0.6 is 23.2 Å². The van der Waals surface area contributed by atoms with Gasteiger partial charge in [0, 0.05) is 35.4 Å². The lowest BCUT2D eigenvalue weighted by Crippen LogP contribution is -2.64. The van der Waals surface area contributed by atoms with E-state index in [1.165, 1.54) is 4.90 Å². The Hall–Kier alpha value is -3.09. The van der Waals surface area contributed by atoms with Gasteiger partial charge in [-0.25, -0.2) is 0 Å². The fraction of sp³-hybridized carbons (Fsp3) is 0.174. The van der Waals surface area contributed by atoms with Crippen molar-refractivity contribution in [1.29, 1.82) is 0 Å². The molecule has 158 valence electrons. The summed E-state index contributed by atoms with van der Waals surface area (Å²) < 4.78 is 5.76. The Kier molecular flexibility index (Phi) is 5.85. The molecular weight excluding hydrogens is 439 g/mol. The van der Waals surface area contributed by atoms with Crippen LogP contribution in [-0.2, 0) is 4.79 Å². The van der Waals surface area contributed by atoms with Crippen molar-refractivity contribution in [2.75, 3.05) is 19.7 Å². The highest BCUT2D eigenvalue weighted by Crippen LogP contribution is 2.33. The molecule has 1 amide bonds. The Bertz CT molecular complexity index is 1090. The monoisotopic (exact) mass is 456 g/mol. The number of aromatic nitrogens is 1. The molecule has 4 rings (SSSR count). The topological polar surface area (TPSA) is 79.7 Å². The van der Waals surface area contributed by atoms with E-state index in [0.29, 0.717) is 21.4 Å². The number of hydrogen-bond donors (Lipinski definition) is 1. The maximum atomic E-state index is 12.6. The highest BCUT2D eigenvalue weighted by molar-refractivity contribution is 6.30. The Labute approximate surface area is 189 Å². The quantitative estimate of drug-likeness (QED) is 0.583. The van der Waals surface area contributed by atoms with Crippen LogP contribution in [-0.4, -0.2) is 46.6 Å². The molecule has 0 spiro atoms. The Morgan fingerprint density at radius 2 is 1.61 bits per heavy atom. The molecule has 1 aromatic heterocycles. The van der Waals surface area contributed by atoms with E-state index in [1.807, 2.05) is 18.2 Å². The molecule has 1 saturated heterocycles. The van der Waals surface area contributed by atoms with E-state index in [9.17, 15) is 14.7 Å². The fourth-order valence-electron chi connectivity index (χ4n) is 3.38. The van der Waals surface area contributed by atoms with E-state index in [0.717, 1.165) is 11.3 Å². The Morgan fingerprint density at radius 3 is 2.19 bits per heavy atom. The normalized spacial score (nSPS) is 14.6. The summed E-state index contributed by atoms with van der Waals surface area (Å²) in [5, 5.41) is 10.8. The molecule has 0 saturated carbocycles. The number of benzene rings is 2. The lowest BCUT2D eigenvalue weighted by molar-refractivity contribution is -0.161. The average Bonchev–Trinajstić information content (AvgIpc) is 2.74. The summed E-state index contributed by atoms with van der Waals surface area (Å²) in [6, 6.07) is 17.3. The molecule has 3 aromatic rings. The van der Waals surface area contributed by atoms with Crippen molar-refractivity contribution in [3.63, 3.8) is 0 Å². The standard InChI is InChI=1S/C23H18Cl2N2O4/c24-17-5-1-16(2-6-17)21(28)27-12-23(13-27,22(29)30)14-31-19-8-3-15(4-9-19)20-10-7-18(25)11-26-20/h1-11H,12-14H2,(H,29,30). The van der Waals surface area contributed by atoms with Gasteiger partial charge in [0.2, 0.25) is 0 Å². The first-order chi connectivity index (χ1) is 14.9. The molecule has 1 aliphatic rings. The summed E-state index contributed by atoms with van der Waals surface area (Å²) in [5.41, 5.74) is 0.989. The lowest BCUT2D eigenvalue weighted by Gasteiger charge is -2.46. The van der Waals surface area contributed by atoms with Crippen LogP contribution in [0.5, 0.6) is 5.75 Å². The molecule has 0 atom stereocenters. The van der Waals surface area contributed by atoms with Crippen molar-refractivity contribution in [3.8, 4) is 17.0 Å². The molecule has 1 aliphatic heterocycles. The molecular formula is C23H18Cl2N2O4. The van der Waals surface area contributed by atoms with Crippen LogP contribution in [0.1, 0.15) is 10.4 Å². The minimum absolute atomic E-state index is 0.0364. The molecule has 0 radical (unpaired) electrons. The predicted molar refractivity (Wildman–Crippen MR) is 118 cm³/mol. The summed E-state index contributed by atoms with van der Waals surface area (Å²) in [7, 11) is 0. The summed E-state index contributed by atoms with van der Waals surface area (Å²) in [6.07, 6.45) is 1.57. The number of ether oxygens (including phenoxy) is 1. The zero-order valence-corrected chi connectivity index (χ0v) is 17.8. The Morgan fingerprint density at radius 1 is 0.968 bits per heavy atom. The smallest absolute Gasteiger partial charge is 0.316 e. The number of carbonyl (C=O) groups is 2. The molecule has 0 bridgehead atoms. The van der Waals surface area contributed by atoms with E-state index in [4.69, 9.17) is 27.9 Å². The first-order valence-electron chi connectivity index (χ1n) is 9.49. The predicted octanol–water partition coefficient (Wildman–Crippen LogP) is 4.66. The number of halogens is 2. The van der Waals surface area contributed by atoms with E-state index < -0.39 is 11.4 Å². The molecule has 0 unspecified atom stereocenters. The van der Waals surface area contributed by atoms with Gasteiger partial charge in [0.15, 0.2) is 0 Å². The van der Waals surface area contributed by atoms with Crippen molar-refractivity contribution < 1.29 is 19.4 Å². The van der Waals surface area contributed by atoms with Crippen molar-refractivity contribution in [3.05, 3.63) is 82.5 Å². The van der Waals surface area contributed by atoms with Gasteiger partial charge in [0.05, 0.1) is 10.7 Å². The molecule has 8 heteroatoms. The van der Waals surface area contributed by atoms with E-state index >= 15 is 0 Å². The van der Waals surface area contributed by atoms with Crippen molar-refractivity contribution >= 4 is 35.1 Å². The van der Waals surface area contributed by atoms with Crippen LogP contribution < -0.4 is 4.74 Å². The summed E-state index contributed by atoms with van der Waals surface area (Å²) >= 11 is 11.7. The molecule has 1 N–H and O–H groups in total. The number of rotatable bonds is 6. The van der Waals surface area contributed by atoms with Crippen molar-refractivity contribution in [2.24, 2.45) is 5.41 Å². The van der Waals surface area contributed by atoms with Gasteiger partial charge in [-0.15, -0.1) is 0 Å². The number of hydrogen-bond acceptors (Lipinski definition) is 4. The third kappa shape index (κ3) is 4.50. The zero-order valence-electron chi connectivity index (χ0n) is 16.3. The first kappa shape index (κ1) is 21.2. The molecule has 2 aromatic carbocycles. The van der Waals surface area contributed by atoms with E-state index in [2.05, 4.69) is 4.98 Å². The number of nitrogens with zero attached hydrogens (tertiary/aromatic N) is 2. The summed E-state index contributed by atoms with van der Waals surface area (Å²) in [5.74, 6) is -0.677. The van der Waals surface area contributed by atoms with Gasteiger partial charge >= 0.3 is 5.97 Å². The SMILES string of the molecule is O=C(c1ccc(Cl)cc1)N1CC(COc2ccc(-c3ccc(Cl)cn3)cc2)(C(=O)O)C1.